The molecular formula is C19H27F2N7. The smallest absolute Gasteiger partial charge is 0.282 e. The fraction of sp³-hybridized carbons (Fsp3) is 0.632. The first-order chi connectivity index (χ1) is 13.6. The number of rotatable bonds is 5. The fourth-order valence-electron chi connectivity index (χ4n) is 4.00. The van der Waals surface area contributed by atoms with Crippen LogP contribution in [0.4, 0.5) is 20.5 Å². The zero-order valence-corrected chi connectivity index (χ0v) is 16.3. The second-order valence-corrected chi connectivity index (χ2v) is 7.54. The monoisotopic (exact) mass is 391 g/mol. The number of halogens is 2. The molecule has 7 nitrogen and oxygen atoms in total. The normalized spacial score (nSPS) is 18.9. The van der Waals surface area contributed by atoms with Crippen LogP contribution in [-0.2, 0) is 13.6 Å². The molecule has 2 fully saturated rings. The van der Waals surface area contributed by atoms with Crippen molar-refractivity contribution in [3.8, 4) is 0 Å². The lowest BCUT2D eigenvalue weighted by molar-refractivity contribution is 0.142. The van der Waals surface area contributed by atoms with Gasteiger partial charge in [-0.1, -0.05) is 0 Å². The maximum atomic E-state index is 13.1. The first-order valence-electron chi connectivity index (χ1n) is 9.96. The molecule has 2 aliphatic heterocycles. The lowest BCUT2D eigenvalue weighted by atomic mass is 10.1. The SMILES string of the molecule is Cn1cc(CN2CCN(c3nccc(N4CCCCC4)n3)CC2)c(C(F)F)n1. The van der Waals surface area contributed by atoms with Gasteiger partial charge in [-0.3, -0.25) is 9.58 Å². The van der Waals surface area contributed by atoms with Gasteiger partial charge < -0.3 is 9.80 Å². The molecular weight excluding hydrogens is 364 g/mol. The van der Waals surface area contributed by atoms with E-state index < -0.39 is 6.43 Å². The molecule has 0 aromatic carbocycles. The van der Waals surface area contributed by atoms with Crippen molar-refractivity contribution >= 4 is 11.8 Å². The number of hydrogen-bond donors (Lipinski definition) is 0. The first-order valence-corrected chi connectivity index (χ1v) is 9.96. The number of aryl methyl sites for hydroxylation is 1. The highest BCUT2D eigenvalue weighted by Gasteiger charge is 2.24. The molecule has 0 atom stereocenters. The van der Waals surface area contributed by atoms with Crippen molar-refractivity contribution in [1.82, 2.24) is 24.6 Å². The van der Waals surface area contributed by atoms with Gasteiger partial charge in [-0.05, 0) is 25.3 Å². The molecule has 152 valence electrons. The summed E-state index contributed by atoms with van der Waals surface area (Å²) in [6.45, 7) is 5.75. The summed E-state index contributed by atoms with van der Waals surface area (Å²) in [5, 5.41) is 3.90. The van der Waals surface area contributed by atoms with Crippen molar-refractivity contribution in [3.63, 3.8) is 0 Å². The molecule has 0 unspecified atom stereocenters. The van der Waals surface area contributed by atoms with Crippen molar-refractivity contribution in [2.75, 3.05) is 49.1 Å². The highest BCUT2D eigenvalue weighted by atomic mass is 19.3. The molecule has 0 N–H and O–H groups in total. The number of alkyl halides is 2. The van der Waals surface area contributed by atoms with Gasteiger partial charge in [-0.15, -0.1) is 0 Å². The van der Waals surface area contributed by atoms with Crippen molar-refractivity contribution in [1.29, 1.82) is 0 Å². The number of piperazine rings is 1. The number of piperidine rings is 1. The molecule has 2 saturated heterocycles. The van der Waals surface area contributed by atoms with Crippen LogP contribution >= 0.6 is 0 Å². The Hall–Kier alpha value is -2.29. The van der Waals surface area contributed by atoms with E-state index in [4.69, 9.17) is 4.98 Å². The Morgan fingerprint density at radius 3 is 2.46 bits per heavy atom. The predicted molar refractivity (Wildman–Crippen MR) is 104 cm³/mol. The van der Waals surface area contributed by atoms with Gasteiger partial charge in [-0.2, -0.15) is 10.1 Å². The zero-order valence-electron chi connectivity index (χ0n) is 16.3. The summed E-state index contributed by atoms with van der Waals surface area (Å²) in [4.78, 5) is 15.9. The van der Waals surface area contributed by atoms with E-state index >= 15 is 0 Å². The lowest BCUT2D eigenvalue weighted by Gasteiger charge is -2.35. The summed E-state index contributed by atoms with van der Waals surface area (Å²) in [5.41, 5.74) is 0.497. The highest BCUT2D eigenvalue weighted by molar-refractivity contribution is 5.44. The average Bonchev–Trinajstić information content (AvgIpc) is 3.10. The average molecular weight is 391 g/mol. The van der Waals surface area contributed by atoms with Crippen molar-refractivity contribution < 1.29 is 8.78 Å². The van der Waals surface area contributed by atoms with E-state index in [1.54, 1.807) is 13.2 Å². The van der Waals surface area contributed by atoms with Crippen LogP contribution in [0, 0.1) is 0 Å². The molecule has 0 spiro atoms. The number of anilines is 2. The van der Waals surface area contributed by atoms with Gasteiger partial charge in [0.05, 0.1) is 0 Å². The molecule has 0 aliphatic carbocycles. The number of hydrogen-bond acceptors (Lipinski definition) is 6. The minimum Gasteiger partial charge on any atom is -0.356 e. The van der Waals surface area contributed by atoms with Crippen LogP contribution in [0.15, 0.2) is 18.5 Å². The molecule has 28 heavy (non-hydrogen) atoms. The molecule has 0 radical (unpaired) electrons. The maximum absolute atomic E-state index is 13.1. The summed E-state index contributed by atoms with van der Waals surface area (Å²) >= 11 is 0. The molecule has 4 heterocycles. The maximum Gasteiger partial charge on any atom is 0.282 e. The van der Waals surface area contributed by atoms with Crippen molar-refractivity contribution in [2.24, 2.45) is 7.05 Å². The van der Waals surface area contributed by atoms with E-state index in [0.717, 1.165) is 51.0 Å². The van der Waals surface area contributed by atoms with Crippen molar-refractivity contribution in [2.45, 2.75) is 32.2 Å². The van der Waals surface area contributed by atoms with Gasteiger partial charge >= 0.3 is 0 Å². The Labute approximate surface area is 164 Å². The van der Waals surface area contributed by atoms with E-state index in [9.17, 15) is 8.78 Å². The van der Waals surface area contributed by atoms with Gasteiger partial charge in [0.2, 0.25) is 5.95 Å². The van der Waals surface area contributed by atoms with Crippen LogP contribution in [0.25, 0.3) is 0 Å². The third kappa shape index (κ3) is 4.24. The van der Waals surface area contributed by atoms with Gasteiger partial charge in [0, 0.05) is 70.8 Å². The summed E-state index contributed by atoms with van der Waals surface area (Å²) in [5.74, 6) is 1.77. The first kappa shape index (κ1) is 19.0. The number of aromatic nitrogens is 4. The van der Waals surface area contributed by atoms with Gasteiger partial charge in [0.1, 0.15) is 11.5 Å². The van der Waals surface area contributed by atoms with Gasteiger partial charge in [-0.25, -0.2) is 13.8 Å². The highest BCUT2D eigenvalue weighted by Crippen LogP contribution is 2.24. The molecule has 0 saturated carbocycles. The van der Waals surface area contributed by atoms with Crippen molar-refractivity contribution in [3.05, 3.63) is 29.7 Å². The van der Waals surface area contributed by atoms with Crippen LogP contribution in [0.2, 0.25) is 0 Å². The molecule has 2 aromatic rings. The molecule has 2 aromatic heterocycles. The Morgan fingerprint density at radius 2 is 1.75 bits per heavy atom. The van der Waals surface area contributed by atoms with Gasteiger partial charge in [0.15, 0.2) is 0 Å². The number of nitrogens with zero attached hydrogens (tertiary/aromatic N) is 7. The van der Waals surface area contributed by atoms with E-state index in [1.165, 1.54) is 23.9 Å². The quantitative estimate of drug-likeness (QED) is 0.781. The fourth-order valence-corrected chi connectivity index (χ4v) is 4.00. The van der Waals surface area contributed by atoms with E-state index in [-0.39, 0.29) is 5.69 Å². The Morgan fingerprint density at radius 1 is 1.00 bits per heavy atom. The van der Waals surface area contributed by atoms with E-state index in [0.29, 0.717) is 12.1 Å². The molecule has 4 rings (SSSR count). The van der Waals surface area contributed by atoms with E-state index in [2.05, 4.69) is 24.8 Å². The second-order valence-electron chi connectivity index (χ2n) is 7.54. The molecule has 9 heteroatoms. The summed E-state index contributed by atoms with van der Waals surface area (Å²) < 4.78 is 27.8. The lowest BCUT2D eigenvalue weighted by Crippen LogP contribution is -2.46. The second kappa shape index (κ2) is 8.38. The van der Waals surface area contributed by atoms with Crippen LogP contribution < -0.4 is 9.80 Å². The Bertz CT molecular complexity index is 780. The van der Waals surface area contributed by atoms with Crippen LogP contribution in [0.1, 0.15) is 36.9 Å². The van der Waals surface area contributed by atoms with E-state index in [1.807, 2.05) is 12.3 Å². The predicted octanol–water partition coefficient (Wildman–Crippen LogP) is 2.46. The topological polar surface area (TPSA) is 53.3 Å². The molecule has 0 amide bonds. The standard InChI is InChI=1S/C19H27F2N7/c1-25-13-15(17(24-25)18(20)21)14-26-9-11-28(12-10-26)19-22-6-5-16(23-19)27-7-3-2-4-8-27/h5-6,13,18H,2-4,7-12,14H2,1H3. The zero-order chi connectivity index (χ0) is 19.5. The third-order valence-corrected chi connectivity index (χ3v) is 5.50. The Balaban J connectivity index is 1.37. The van der Waals surface area contributed by atoms with Crippen LogP contribution in [0.5, 0.6) is 0 Å². The summed E-state index contributed by atoms with van der Waals surface area (Å²) in [6.07, 6.45) is 4.71. The molecule has 0 bridgehead atoms. The third-order valence-electron chi connectivity index (χ3n) is 5.50. The Kier molecular flexibility index (Phi) is 5.70. The largest absolute Gasteiger partial charge is 0.356 e. The van der Waals surface area contributed by atoms with Crippen LogP contribution in [0.3, 0.4) is 0 Å². The van der Waals surface area contributed by atoms with Crippen LogP contribution in [-0.4, -0.2) is 63.9 Å². The minimum absolute atomic E-state index is 0.109. The minimum atomic E-state index is -2.54. The summed E-state index contributed by atoms with van der Waals surface area (Å²) in [7, 11) is 1.68. The summed E-state index contributed by atoms with van der Waals surface area (Å²) in [6, 6.07) is 1.99. The molecule has 2 aliphatic rings. The van der Waals surface area contributed by atoms with Gasteiger partial charge in [0.25, 0.3) is 6.43 Å².